The average molecular weight is 358 g/mol. The Kier molecular flexibility index (Phi) is 9.51. The van der Waals surface area contributed by atoms with Crippen molar-refractivity contribution in [3.05, 3.63) is 22.2 Å². The van der Waals surface area contributed by atoms with Gasteiger partial charge in [0, 0.05) is 6.54 Å². The maximum absolute atomic E-state index is 5.79. The molecule has 3 nitrogen and oxygen atoms in total. The van der Waals surface area contributed by atoms with Crippen LogP contribution in [0.1, 0.15) is 52.0 Å². The highest BCUT2D eigenvalue weighted by Gasteiger charge is 2.12. The largest absolute Gasteiger partial charge is 0.490 e. The normalized spacial score (nSPS) is 10.7. The average Bonchev–Trinajstić information content (AvgIpc) is 2.46. The van der Waals surface area contributed by atoms with Crippen molar-refractivity contribution in [3.63, 3.8) is 0 Å². The predicted octanol–water partition coefficient (Wildman–Crippen LogP) is 4.92. The smallest absolute Gasteiger partial charge is 0.175 e. The van der Waals surface area contributed by atoms with E-state index in [1.807, 2.05) is 6.92 Å². The molecule has 0 bridgehead atoms. The van der Waals surface area contributed by atoms with Gasteiger partial charge in [0.05, 0.1) is 17.7 Å². The molecular weight excluding hydrogens is 330 g/mol. The molecule has 0 unspecified atom stereocenters. The fourth-order valence-corrected chi connectivity index (χ4v) is 2.67. The zero-order valence-electron chi connectivity index (χ0n) is 13.5. The van der Waals surface area contributed by atoms with Crippen molar-refractivity contribution in [1.82, 2.24) is 5.32 Å². The van der Waals surface area contributed by atoms with E-state index in [2.05, 4.69) is 47.2 Å². The lowest BCUT2D eigenvalue weighted by Crippen LogP contribution is -2.15. The summed E-state index contributed by atoms with van der Waals surface area (Å²) < 4.78 is 12.5. The molecule has 0 saturated carbocycles. The molecular formula is C17H28BrNO2. The summed E-state index contributed by atoms with van der Waals surface area (Å²) in [5.41, 5.74) is 1.21. The monoisotopic (exact) mass is 357 g/mol. The van der Waals surface area contributed by atoms with Gasteiger partial charge in [-0.3, -0.25) is 0 Å². The Morgan fingerprint density at radius 3 is 2.52 bits per heavy atom. The number of rotatable bonds is 11. The maximum atomic E-state index is 5.79. The number of ether oxygens (including phenoxy) is 2. The molecule has 1 rings (SSSR count). The molecule has 21 heavy (non-hydrogen) atoms. The summed E-state index contributed by atoms with van der Waals surface area (Å²) in [5.74, 6) is 1.64. The SMILES string of the molecule is CCCCCNCc1cc(Br)c(OCCC)c(OCC)c1. The number of benzene rings is 1. The van der Waals surface area contributed by atoms with Crippen LogP contribution in [-0.2, 0) is 6.54 Å². The lowest BCUT2D eigenvalue weighted by Gasteiger charge is -2.15. The van der Waals surface area contributed by atoms with Crippen molar-refractivity contribution in [2.24, 2.45) is 0 Å². The van der Waals surface area contributed by atoms with Crippen LogP contribution in [0.3, 0.4) is 0 Å². The Labute approximate surface area is 137 Å². The first-order chi connectivity index (χ1) is 10.2. The van der Waals surface area contributed by atoms with Crippen LogP contribution in [0.4, 0.5) is 0 Å². The molecule has 0 aromatic heterocycles. The summed E-state index contributed by atoms with van der Waals surface area (Å²) in [6, 6.07) is 4.19. The number of hydrogen-bond donors (Lipinski definition) is 1. The minimum absolute atomic E-state index is 0.641. The van der Waals surface area contributed by atoms with E-state index in [0.717, 1.165) is 35.5 Å². The van der Waals surface area contributed by atoms with Crippen molar-refractivity contribution in [3.8, 4) is 11.5 Å². The van der Waals surface area contributed by atoms with Crippen molar-refractivity contribution in [2.75, 3.05) is 19.8 Å². The molecule has 4 heteroatoms. The molecule has 0 fully saturated rings. The summed E-state index contributed by atoms with van der Waals surface area (Å²) in [5, 5.41) is 3.48. The molecule has 0 radical (unpaired) electrons. The van der Waals surface area contributed by atoms with Crippen molar-refractivity contribution < 1.29 is 9.47 Å². The topological polar surface area (TPSA) is 30.5 Å². The maximum Gasteiger partial charge on any atom is 0.175 e. The number of hydrogen-bond acceptors (Lipinski definition) is 3. The first kappa shape index (κ1) is 18.3. The van der Waals surface area contributed by atoms with Crippen LogP contribution in [0.15, 0.2) is 16.6 Å². The molecule has 0 aliphatic carbocycles. The van der Waals surface area contributed by atoms with E-state index in [0.29, 0.717) is 13.2 Å². The lowest BCUT2D eigenvalue weighted by atomic mass is 10.2. The third-order valence-corrected chi connectivity index (χ3v) is 3.69. The van der Waals surface area contributed by atoms with Gasteiger partial charge in [-0.25, -0.2) is 0 Å². The highest BCUT2D eigenvalue weighted by atomic mass is 79.9. The van der Waals surface area contributed by atoms with Gasteiger partial charge in [0.2, 0.25) is 0 Å². The molecule has 0 aliphatic rings. The van der Waals surface area contributed by atoms with E-state index < -0.39 is 0 Å². The van der Waals surface area contributed by atoms with E-state index in [1.54, 1.807) is 0 Å². The van der Waals surface area contributed by atoms with Crippen LogP contribution in [0, 0.1) is 0 Å². The van der Waals surface area contributed by atoms with Gasteiger partial charge in [-0.05, 0) is 59.9 Å². The summed E-state index contributed by atoms with van der Waals surface area (Å²) in [6.07, 6.45) is 4.75. The van der Waals surface area contributed by atoms with E-state index in [9.17, 15) is 0 Å². The minimum atomic E-state index is 0.641. The fourth-order valence-electron chi connectivity index (χ4n) is 2.06. The van der Waals surface area contributed by atoms with Crippen LogP contribution in [0.5, 0.6) is 11.5 Å². The van der Waals surface area contributed by atoms with Crippen molar-refractivity contribution >= 4 is 15.9 Å². The quantitative estimate of drug-likeness (QED) is 0.570. The first-order valence-electron chi connectivity index (χ1n) is 8.01. The fraction of sp³-hybridized carbons (Fsp3) is 0.647. The van der Waals surface area contributed by atoms with Gasteiger partial charge in [0.15, 0.2) is 11.5 Å². The second kappa shape index (κ2) is 10.9. The number of unbranched alkanes of at least 4 members (excludes halogenated alkanes) is 2. The molecule has 1 N–H and O–H groups in total. The van der Waals surface area contributed by atoms with Gasteiger partial charge in [-0.15, -0.1) is 0 Å². The molecule has 0 aliphatic heterocycles. The summed E-state index contributed by atoms with van der Waals surface area (Å²) in [4.78, 5) is 0. The highest BCUT2D eigenvalue weighted by Crippen LogP contribution is 2.37. The van der Waals surface area contributed by atoms with Crippen molar-refractivity contribution in [1.29, 1.82) is 0 Å². The molecule has 120 valence electrons. The summed E-state index contributed by atoms with van der Waals surface area (Å²) >= 11 is 3.60. The Morgan fingerprint density at radius 2 is 1.86 bits per heavy atom. The van der Waals surface area contributed by atoms with Gasteiger partial charge >= 0.3 is 0 Å². The van der Waals surface area contributed by atoms with E-state index in [1.165, 1.54) is 24.8 Å². The van der Waals surface area contributed by atoms with E-state index in [-0.39, 0.29) is 0 Å². The van der Waals surface area contributed by atoms with Gasteiger partial charge < -0.3 is 14.8 Å². The van der Waals surface area contributed by atoms with E-state index >= 15 is 0 Å². The predicted molar refractivity (Wildman–Crippen MR) is 92.3 cm³/mol. The van der Waals surface area contributed by atoms with Gasteiger partial charge in [-0.2, -0.15) is 0 Å². The molecule has 0 atom stereocenters. The Morgan fingerprint density at radius 1 is 1.05 bits per heavy atom. The number of halogens is 1. The zero-order valence-corrected chi connectivity index (χ0v) is 15.1. The van der Waals surface area contributed by atoms with Gasteiger partial charge in [-0.1, -0.05) is 26.7 Å². The zero-order chi connectivity index (χ0) is 15.5. The second-order valence-corrected chi connectivity index (χ2v) is 5.92. The van der Waals surface area contributed by atoms with Gasteiger partial charge in [0.1, 0.15) is 0 Å². The Hall–Kier alpha value is -0.740. The Balaban J connectivity index is 2.68. The van der Waals surface area contributed by atoms with Crippen LogP contribution < -0.4 is 14.8 Å². The van der Waals surface area contributed by atoms with Gasteiger partial charge in [0.25, 0.3) is 0 Å². The summed E-state index contributed by atoms with van der Waals surface area (Å²) in [6.45, 7) is 9.58. The Bertz CT molecular complexity index is 410. The molecule has 1 aromatic carbocycles. The first-order valence-corrected chi connectivity index (χ1v) is 8.80. The highest BCUT2D eigenvalue weighted by molar-refractivity contribution is 9.10. The molecule has 1 aromatic rings. The van der Waals surface area contributed by atoms with Crippen LogP contribution in [0.2, 0.25) is 0 Å². The third-order valence-electron chi connectivity index (χ3n) is 3.11. The third kappa shape index (κ3) is 6.70. The molecule has 0 spiro atoms. The number of nitrogens with one attached hydrogen (secondary N) is 1. The molecule has 0 saturated heterocycles. The van der Waals surface area contributed by atoms with Crippen LogP contribution in [-0.4, -0.2) is 19.8 Å². The van der Waals surface area contributed by atoms with E-state index in [4.69, 9.17) is 9.47 Å². The molecule has 0 heterocycles. The standard InChI is InChI=1S/C17H28BrNO2/c1-4-7-8-9-19-13-14-11-15(18)17(21-10-5-2)16(12-14)20-6-3/h11-12,19H,4-10,13H2,1-3H3. The molecule has 0 amide bonds. The lowest BCUT2D eigenvalue weighted by molar-refractivity contribution is 0.275. The summed E-state index contributed by atoms with van der Waals surface area (Å²) in [7, 11) is 0. The minimum Gasteiger partial charge on any atom is -0.490 e. The second-order valence-electron chi connectivity index (χ2n) is 5.07. The van der Waals surface area contributed by atoms with Crippen LogP contribution >= 0.6 is 15.9 Å². The van der Waals surface area contributed by atoms with Crippen LogP contribution in [0.25, 0.3) is 0 Å². The van der Waals surface area contributed by atoms with Crippen molar-refractivity contribution in [2.45, 2.75) is 53.0 Å².